The fourth-order valence-electron chi connectivity index (χ4n) is 1.48. The van der Waals surface area contributed by atoms with Crippen LogP contribution in [0.5, 0.6) is 0 Å². The van der Waals surface area contributed by atoms with E-state index in [0.29, 0.717) is 13.0 Å². The number of hydrogen-bond acceptors (Lipinski definition) is 3. The minimum absolute atomic E-state index is 0.0512. The predicted octanol–water partition coefficient (Wildman–Crippen LogP) is 1.31. The average molecular weight is 237 g/mol. The van der Waals surface area contributed by atoms with Gasteiger partial charge >= 0.3 is 0 Å². The van der Waals surface area contributed by atoms with E-state index in [9.17, 15) is 4.79 Å². The first-order valence-electron chi connectivity index (χ1n) is 5.51. The zero-order chi connectivity index (χ0) is 12.7. The smallest absolute Gasteiger partial charge is 0.226 e. The maximum absolute atomic E-state index is 11.9. The van der Waals surface area contributed by atoms with Crippen molar-refractivity contribution >= 4 is 5.91 Å². The van der Waals surface area contributed by atoms with Crippen molar-refractivity contribution in [3.8, 4) is 0 Å². The highest BCUT2D eigenvalue weighted by Crippen LogP contribution is 2.03. The Balaban J connectivity index is 2.47. The fraction of sp³-hybridized carbons (Fsp3) is 0.462. The van der Waals surface area contributed by atoms with E-state index >= 15 is 0 Å². The highest BCUT2D eigenvalue weighted by atomic mass is 16.7. The number of amides is 1. The molecule has 0 aliphatic rings. The summed E-state index contributed by atoms with van der Waals surface area (Å²) in [6, 6.07) is 9.67. The number of nitrogens with zero attached hydrogens (tertiary/aromatic N) is 1. The summed E-state index contributed by atoms with van der Waals surface area (Å²) >= 11 is 0. The van der Waals surface area contributed by atoms with Gasteiger partial charge in [-0.2, -0.15) is 0 Å². The van der Waals surface area contributed by atoms with Crippen LogP contribution in [0.25, 0.3) is 0 Å². The van der Waals surface area contributed by atoms with Crippen molar-refractivity contribution in [2.24, 2.45) is 0 Å². The molecule has 0 atom stereocenters. The normalized spacial score (nSPS) is 10.6. The highest BCUT2D eigenvalue weighted by Gasteiger charge is 2.14. The van der Waals surface area contributed by atoms with Gasteiger partial charge in [0.25, 0.3) is 0 Å². The molecule has 0 spiro atoms. The Kier molecular flexibility index (Phi) is 5.66. The maximum atomic E-state index is 11.9. The van der Waals surface area contributed by atoms with Crippen LogP contribution in [0.4, 0.5) is 0 Å². The Labute approximate surface area is 102 Å². The Morgan fingerprint density at radius 3 is 2.35 bits per heavy atom. The van der Waals surface area contributed by atoms with Gasteiger partial charge in [0, 0.05) is 21.3 Å². The number of ether oxygens (including phenoxy) is 2. The van der Waals surface area contributed by atoms with Crippen LogP contribution in [0, 0.1) is 0 Å². The molecule has 0 unspecified atom stereocenters. The molecule has 17 heavy (non-hydrogen) atoms. The number of carbonyl (C=O) groups excluding carboxylic acids is 1. The van der Waals surface area contributed by atoms with Crippen LogP contribution in [0.1, 0.15) is 5.56 Å². The van der Waals surface area contributed by atoms with Crippen molar-refractivity contribution in [2.45, 2.75) is 12.7 Å². The third-order valence-corrected chi connectivity index (χ3v) is 2.57. The third kappa shape index (κ3) is 4.54. The van der Waals surface area contributed by atoms with Crippen LogP contribution in [0.15, 0.2) is 30.3 Å². The van der Waals surface area contributed by atoms with Gasteiger partial charge < -0.3 is 14.4 Å². The van der Waals surface area contributed by atoms with Crippen LogP contribution >= 0.6 is 0 Å². The van der Waals surface area contributed by atoms with Gasteiger partial charge in [-0.1, -0.05) is 30.3 Å². The zero-order valence-corrected chi connectivity index (χ0v) is 10.6. The monoisotopic (exact) mass is 237 g/mol. The lowest BCUT2D eigenvalue weighted by Gasteiger charge is -2.22. The van der Waals surface area contributed by atoms with E-state index in [4.69, 9.17) is 9.47 Å². The largest absolute Gasteiger partial charge is 0.354 e. The van der Waals surface area contributed by atoms with Gasteiger partial charge in [0.15, 0.2) is 6.29 Å². The number of carbonyl (C=O) groups is 1. The molecule has 0 aromatic heterocycles. The van der Waals surface area contributed by atoms with E-state index < -0.39 is 0 Å². The molecule has 0 saturated heterocycles. The Bertz CT molecular complexity index is 336. The summed E-state index contributed by atoms with van der Waals surface area (Å²) in [5, 5.41) is 0. The Morgan fingerprint density at radius 2 is 1.82 bits per heavy atom. The lowest BCUT2D eigenvalue weighted by molar-refractivity contribution is -0.142. The van der Waals surface area contributed by atoms with E-state index in [2.05, 4.69) is 0 Å². The second-order valence-electron chi connectivity index (χ2n) is 3.84. The summed E-state index contributed by atoms with van der Waals surface area (Å²) in [4.78, 5) is 13.5. The van der Waals surface area contributed by atoms with E-state index in [1.807, 2.05) is 30.3 Å². The molecular weight excluding hydrogens is 218 g/mol. The first-order valence-corrected chi connectivity index (χ1v) is 5.51. The molecule has 0 aliphatic heterocycles. The molecule has 0 fully saturated rings. The summed E-state index contributed by atoms with van der Waals surface area (Å²) < 4.78 is 10.1. The summed E-state index contributed by atoms with van der Waals surface area (Å²) in [5.74, 6) is 0.0512. The van der Waals surface area contributed by atoms with Gasteiger partial charge in [-0.05, 0) is 5.56 Å². The molecule has 1 rings (SSSR count). The molecule has 4 nitrogen and oxygen atoms in total. The Hall–Kier alpha value is -1.39. The van der Waals surface area contributed by atoms with Gasteiger partial charge in [0.1, 0.15) is 0 Å². The van der Waals surface area contributed by atoms with Crippen LogP contribution in [0.3, 0.4) is 0 Å². The van der Waals surface area contributed by atoms with Crippen molar-refractivity contribution in [1.82, 2.24) is 4.90 Å². The van der Waals surface area contributed by atoms with Crippen molar-refractivity contribution < 1.29 is 14.3 Å². The molecule has 1 aromatic carbocycles. The van der Waals surface area contributed by atoms with Gasteiger partial charge in [-0.3, -0.25) is 4.79 Å². The van der Waals surface area contributed by atoms with E-state index in [0.717, 1.165) is 5.56 Å². The van der Waals surface area contributed by atoms with E-state index in [1.54, 1.807) is 26.2 Å². The van der Waals surface area contributed by atoms with Crippen LogP contribution < -0.4 is 0 Å². The zero-order valence-electron chi connectivity index (χ0n) is 10.6. The first-order chi connectivity index (χ1) is 8.17. The summed E-state index contributed by atoms with van der Waals surface area (Å²) in [5.41, 5.74) is 1.01. The number of hydrogen-bond donors (Lipinski definition) is 0. The van der Waals surface area contributed by atoms with Crippen molar-refractivity contribution in [3.63, 3.8) is 0 Å². The molecule has 0 heterocycles. The van der Waals surface area contributed by atoms with Crippen LogP contribution in [-0.4, -0.2) is 44.9 Å². The number of likely N-dealkylation sites (N-methyl/N-ethyl adjacent to an activating group) is 1. The minimum atomic E-state index is -0.375. The standard InChI is InChI=1S/C13H19NO3/c1-14(10-13(16-2)17-3)12(15)9-11-7-5-4-6-8-11/h4-8,13H,9-10H2,1-3H3. The van der Waals surface area contributed by atoms with Gasteiger partial charge in [0.2, 0.25) is 5.91 Å². The molecule has 4 heteroatoms. The third-order valence-electron chi connectivity index (χ3n) is 2.57. The molecule has 94 valence electrons. The number of rotatable bonds is 6. The van der Waals surface area contributed by atoms with Crippen molar-refractivity contribution in [2.75, 3.05) is 27.8 Å². The van der Waals surface area contributed by atoms with Crippen molar-refractivity contribution in [3.05, 3.63) is 35.9 Å². The van der Waals surface area contributed by atoms with Crippen LogP contribution in [-0.2, 0) is 20.7 Å². The molecule has 0 bridgehead atoms. The SMILES string of the molecule is COC(CN(C)C(=O)Cc1ccccc1)OC. The predicted molar refractivity (Wildman–Crippen MR) is 65.6 cm³/mol. The topological polar surface area (TPSA) is 38.8 Å². The first kappa shape index (κ1) is 13.7. The summed E-state index contributed by atoms with van der Waals surface area (Å²) in [6.07, 6.45) is 0.0250. The molecule has 0 saturated carbocycles. The maximum Gasteiger partial charge on any atom is 0.226 e. The van der Waals surface area contributed by atoms with E-state index in [1.165, 1.54) is 0 Å². The van der Waals surface area contributed by atoms with Gasteiger partial charge in [0.05, 0.1) is 13.0 Å². The number of benzene rings is 1. The second-order valence-corrected chi connectivity index (χ2v) is 3.84. The molecule has 0 N–H and O–H groups in total. The summed E-state index contributed by atoms with van der Waals surface area (Å²) in [7, 11) is 4.86. The van der Waals surface area contributed by atoms with Crippen LogP contribution in [0.2, 0.25) is 0 Å². The van der Waals surface area contributed by atoms with E-state index in [-0.39, 0.29) is 12.2 Å². The highest BCUT2D eigenvalue weighted by molar-refractivity contribution is 5.78. The molecular formula is C13H19NO3. The average Bonchev–Trinajstić information content (AvgIpc) is 2.36. The Morgan fingerprint density at radius 1 is 1.24 bits per heavy atom. The molecule has 1 amide bonds. The second kappa shape index (κ2) is 7.04. The van der Waals surface area contributed by atoms with Gasteiger partial charge in [-0.25, -0.2) is 0 Å². The lowest BCUT2D eigenvalue weighted by Crippen LogP contribution is -2.36. The molecule has 1 aromatic rings. The molecule has 0 aliphatic carbocycles. The molecule has 0 radical (unpaired) electrons. The lowest BCUT2D eigenvalue weighted by atomic mass is 10.1. The quantitative estimate of drug-likeness (QED) is 0.700. The van der Waals surface area contributed by atoms with Gasteiger partial charge in [-0.15, -0.1) is 0 Å². The minimum Gasteiger partial charge on any atom is -0.354 e. The van der Waals surface area contributed by atoms with Crippen molar-refractivity contribution in [1.29, 1.82) is 0 Å². The summed E-state index contributed by atoms with van der Waals surface area (Å²) in [6.45, 7) is 0.429. The number of methoxy groups -OCH3 is 2. The fourth-order valence-corrected chi connectivity index (χ4v) is 1.48.